The molecule has 3 aromatic rings. The number of fused-ring (bicyclic) bond motifs is 2. The Morgan fingerprint density at radius 1 is 1.28 bits per heavy atom. The predicted molar refractivity (Wildman–Crippen MR) is 122 cm³/mol. The summed E-state index contributed by atoms with van der Waals surface area (Å²) in [6, 6.07) is 8.61. The second-order valence-corrected chi connectivity index (χ2v) is 8.16. The molecule has 168 valence electrons. The molecule has 0 spiro atoms. The first-order valence-electron chi connectivity index (χ1n) is 10.2. The Kier molecular flexibility index (Phi) is 5.99. The molecule has 2 aromatic carbocycles. The Bertz CT molecular complexity index is 1210. The number of carbonyl (C=O) groups excluding carboxylic acids is 2. The summed E-state index contributed by atoms with van der Waals surface area (Å²) in [6.07, 6.45) is 0.695. The highest BCUT2D eigenvalue weighted by Gasteiger charge is 2.28. The maximum absolute atomic E-state index is 13.0. The molecule has 32 heavy (non-hydrogen) atoms. The number of rotatable bonds is 5. The molecule has 0 fully saturated rings. The highest BCUT2D eigenvalue weighted by Crippen LogP contribution is 2.37. The van der Waals surface area contributed by atoms with Crippen molar-refractivity contribution in [2.75, 3.05) is 32.6 Å². The SMILES string of the molecule is COC(=O)c1[nH]c2ccc(Cl)cc2c1NC(=O)CN1CCc2cc(O)c(OC)cc2[C@H]1C. The van der Waals surface area contributed by atoms with Gasteiger partial charge in [0.1, 0.15) is 5.69 Å². The molecule has 0 bridgehead atoms. The molecular formula is C23H24ClN3O5. The van der Waals surface area contributed by atoms with Gasteiger partial charge in [-0.3, -0.25) is 9.69 Å². The number of phenolic OH excluding ortho intramolecular Hbond substituents is 1. The van der Waals surface area contributed by atoms with Crippen LogP contribution < -0.4 is 10.1 Å². The number of nitrogens with zero attached hydrogens (tertiary/aromatic N) is 1. The number of halogens is 1. The fourth-order valence-electron chi connectivity index (χ4n) is 4.18. The zero-order valence-corrected chi connectivity index (χ0v) is 18.7. The van der Waals surface area contributed by atoms with E-state index in [0.717, 1.165) is 11.1 Å². The van der Waals surface area contributed by atoms with Gasteiger partial charge in [-0.15, -0.1) is 0 Å². The highest BCUT2D eigenvalue weighted by molar-refractivity contribution is 6.31. The van der Waals surface area contributed by atoms with Crippen LogP contribution in [0.15, 0.2) is 30.3 Å². The zero-order valence-electron chi connectivity index (χ0n) is 18.0. The second kappa shape index (κ2) is 8.72. The van der Waals surface area contributed by atoms with Gasteiger partial charge in [0.05, 0.1) is 26.5 Å². The molecule has 8 nitrogen and oxygen atoms in total. The van der Waals surface area contributed by atoms with Crippen molar-refractivity contribution in [2.24, 2.45) is 0 Å². The van der Waals surface area contributed by atoms with Gasteiger partial charge >= 0.3 is 5.97 Å². The number of benzene rings is 2. The molecule has 2 heterocycles. The maximum atomic E-state index is 13.0. The molecule has 0 saturated carbocycles. The van der Waals surface area contributed by atoms with Gasteiger partial charge in [0.25, 0.3) is 0 Å². The van der Waals surface area contributed by atoms with Crippen molar-refractivity contribution in [3.05, 3.63) is 52.2 Å². The first-order chi connectivity index (χ1) is 15.3. The molecule has 1 aliphatic heterocycles. The van der Waals surface area contributed by atoms with Crippen molar-refractivity contribution in [3.63, 3.8) is 0 Å². The van der Waals surface area contributed by atoms with E-state index in [4.69, 9.17) is 21.1 Å². The van der Waals surface area contributed by atoms with Crippen molar-refractivity contribution in [1.29, 1.82) is 0 Å². The van der Waals surface area contributed by atoms with E-state index in [2.05, 4.69) is 10.3 Å². The molecule has 1 atom stereocenters. The third-order valence-corrected chi connectivity index (χ3v) is 6.10. The average Bonchev–Trinajstić information content (AvgIpc) is 3.12. The first kappa shape index (κ1) is 22.0. The largest absolute Gasteiger partial charge is 0.504 e. The molecule has 3 N–H and O–H groups in total. The normalized spacial score (nSPS) is 15.9. The zero-order chi connectivity index (χ0) is 23.0. The highest BCUT2D eigenvalue weighted by atomic mass is 35.5. The Morgan fingerprint density at radius 3 is 2.78 bits per heavy atom. The fraction of sp³-hybridized carbons (Fsp3) is 0.304. The summed E-state index contributed by atoms with van der Waals surface area (Å²) in [5.74, 6) is -0.338. The van der Waals surface area contributed by atoms with E-state index in [0.29, 0.717) is 40.3 Å². The van der Waals surface area contributed by atoms with Gasteiger partial charge in [0, 0.05) is 28.5 Å². The van der Waals surface area contributed by atoms with E-state index < -0.39 is 5.97 Å². The molecule has 0 unspecified atom stereocenters. The Morgan fingerprint density at radius 2 is 2.06 bits per heavy atom. The number of carbonyl (C=O) groups is 2. The van der Waals surface area contributed by atoms with Gasteiger partial charge in [-0.1, -0.05) is 11.6 Å². The first-order valence-corrected chi connectivity index (χ1v) is 10.5. The summed E-state index contributed by atoms with van der Waals surface area (Å²) in [5.41, 5.74) is 3.21. The summed E-state index contributed by atoms with van der Waals surface area (Å²) < 4.78 is 10.1. The summed E-state index contributed by atoms with van der Waals surface area (Å²) in [6.45, 7) is 2.78. The van der Waals surface area contributed by atoms with Crippen LogP contribution in [0.3, 0.4) is 0 Å². The second-order valence-electron chi connectivity index (χ2n) is 7.72. The van der Waals surface area contributed by atoms with E-state index in [1.54, 1.807) is 24.3 Å². The summed E-state index contributed by atoms with van der Waals surface area (Å²) in [7, 11) is 2.79. The van der Waals surface area contributed by atoms with Gasteiger partial charge in [0.15, 0.2) is 11.5 Å². The number of H-pyrrole nitrogens is 1. The number of amides is 1. The number of phenols is 1. The lowest BCUT2D eigenvalue weighted by Crippen LogP contribution is -2.39. The molecule has 4 rings (SSSR count). The van der Waals surface area contributed by atoms with Crippen molar-refractivity contribution in [2.45, 2.75) is 19.4 Å². The van der Waals surface area contributed by atoms with Gasteiger partial charge in [-0.2, -0.15) is 0 Å². The quantitative estimate of drug-likeness (QED) is 0.502. The van der Waals surface area contributed by atoms with Crippen LogP contribution in [0, 0.1) is 0 Å². The number of hydrogen-bond acceptors (Lipinski definition) is 6. The van der Waals surface area contributed by atoms with Crippen LogP contribution in [-0.2, 0) is 16.0 Å². The molecule has 0 radical (unpaired) electrons. The van der Waals surface area contributed by atoms with Crippen LogP contribution in [0.2, 0.25) is 5.02 Å². The minimum absolute atomic E-state index is 0.0588. The number of methoxy groups -OCH3 is 2. The Labute approximate surface area is 190 Å². The summed E-state index contributed by atoms with van der Waals surface area (Å²) in [4.78, 5) is 30.3. The van der Waals surface area contributed by atoms with Crippen LogP contribution in [0.5, 0.6) is 11.5 Å². The van der Waals surface area contributed by atoms with Gasteiger partial charge in [-0.25, -0.2) is 4.79 Å². The summed E-state index contributed by atoms with van der Waals surface area (Å²) in [5, 5.41) is 14.0. The number of anilines is 1. The number of esters is 1. The lowest BCUT2D eigenvalue weighted by atomic mass is 9.93. The third-order valence-electron chi connectivity index (χ3n) is 5.87. The number of aromatic hydroxyl groups is 1. The van der Waals surface area contributed by atoms with Gasteiger partial charge in [-0.05, 0) is 54.8 Å². The van der Waals surface area contributed by atoms with E-state index in [9.17, 15) is 14.7 Å². The smallest absolute Gasteiger partial charge is 0.356 e. The van der Waals surface area contributed by atoms with E-state index in [1.807, 2.05) is 17.9 Å². The van der Waals surface area contributed by atoms with Crippen LogP contribution in [0.1, 0.15) is 34.6 Å². The Balaban J connectivity index is 1.58. The number of hydrogen-bond donors (Lipinski definition) is 3. The van der Waals surface area contributed by atoms with E-state index in [-0.39, 0.29) is 29.9 Å². The summed E-state index contributed by atoms with van der Waals surface area (Å²) >= 11 is 6.13. The molecule has 9 heteroatoms. The van der Waals surface area contributed by atoms with Gasteiger partial charge in [0.2, 0.25) is 5.91 Å². The Hall–Kier alpha value is -3.23. The lowest BCUT2D eigenvalue weighted by molar-refractivity contribution is -0.117. The predicted octanol–water partition coefficient (Wildman–Crippen LogP) is 3.88. The number of aromatic nitrogens is 1. The lowest BCUT2D eigenvalue weighted by Gasteiger charge is -2.35. The van der Waals surface area contributed by atoms with E-state index >= 15 is 0 Å². The minimum atomic E-state index is -0.584. The number of ether oxygens (including phenoxy) is 2. The van der Waals surface area contributed by atoms with Crippen LogP contribution in [0.25, 0.3) is 10.9 Å². The third kappa shape index (κ3) is 3.99. The van der Waals surface area contributed by atoms with Crippen molar-refractivity contribution in [3.8, 4) is 11.5 Å². The molecule has 1 aromatic heterocycles. The van der Waals surface area contributed by atoms with Crippen LogP contribution in [-0.4, -0.2) is 54.2 Å². The molecule has 0 aliphatic carbocycles. The average molecular weight is 458 g/mol. The van der Waals surface area contributed by atoms with Crippen molar-refractivity contribution >= 4 is 40.1 Å². The standard InChI is InChI=1S/C23H24ClN3O5/c1-12-15-10-19(31-2)18(28)8-13(15)6-7-27(12)11-20(29)26-21-16-9-14(24)4-5-17(16)25-22(21)23(30)32-3/h4-5,8-10,12,25,28H,6-7,11H2,1-3H3,(H,26,29)/t12-/m1/s1. The number of aromatic amines is 1. The van der Waals surface area contributed by atoms with Crippen LogP contribution in [0.4, 0.5) is 5.69 Å². The van der Waals surface area contributed by atoms with E-state index in [1.165, 1.54) is 14.2 Å². The maximum Gasteiger partial charge on any atom is 0.356 e. The van der Waals surface area contributed by atoms with Crippen molar-refractivity contribution in [1.82, 2.24) is 9.88 Å². The molecule has 1 aliphatic rings. The molecular weight excluding hydrogens is 434 g/mol. The topological polar surface area (TPSA) is 104 Å². The molecule has 0 saturated heterocycles. The van der Waals surface area contributed by atoms with Crippen LogP contribution >= 0.6 is 11.6 Å². The molecule has 1 amide bonds. The number of nitrogens with one attached hydrogen (secondary N) is 2. The fourth-order valence-corrected chi connectivity index (χ4v) is 4.35. The van der Waals surface area contributed by atoms with Gasteiger partial charge < -0.3 is 24.9 Å². The monoisotopic (exact) mass is 457 g/mol. The minimum Gasteiger partial charge on any atom is -0.504 e. The van der Waals surface area contributed by atoms with Crippen molar-refractivity contribution < 1.29 is 24.2 Å².